The van der Waals surface area contributed by atoms with Crippen LogP contribution in [-0.4, -0.2) is 28.9 Å². The van der Waals surface area contributed by atoms with Gasteiger partial charge in [0.25, 0.3) is 0 Å². The van der Waals surface area contributed by atoms with E-state index in [1.54, 1.807) is 41.1 Å². The van der Waals surface area contributed by atoms with Crippen LogP contribution in [0, 0.1) is 0 Å². The lowest BCUT2D eigenvalue weighted by Crippen LogP contribution is -2.13. The minimum Gasteiger partial charge on any atom is -0.466 e. The monoisotopic (exact) mass is 304 g/mol. The normalized spacial score (nSPS) is 11.2. The fourth-order valence-corrected chi connectivity index (χ4v) is 1.94. The molecule has 0 aliphatic heterocycles. The van der Waals surface area contributed by atoms with Gasteiger partial charge in [0, 0.05) is 17.4 Å². The molecule has 0 atom stereocenters. The van der Waals surface area contributed by atoms with E-state index in [-0.39, 0.29) is 12.4 Å². The number of ether oxygens (including phenoxy) is 1. The van der Waals surface area contributed by atoms with Crippen molar-refractivity contribution >= 4 is 29.9 Å². The minimum atomic E-state index is -0.463. The number of benzene rings is 1. The Morgan fingerprint density at radius 2 is 2.10 bits per heavy atom. The van der Waals surface area contributed by atoms with Crippen molar-refractivity contribution in [2.24, 2.45) is 0 Å². The molecule has 2 rings (SSSR count). The number of hydrogen-bond acceptors (Lipinski definition) is 4. The van der Waals surface area contributed by atoms with E-state index in [1.165, 1.54) is 13.3 Å². The zero-order chi connectivity index (χ0) is 15.2. The summed E-state index contributed by atoms with van der Waals surface area (Å²) in [5.41, 5.74) is 1.22. The summed E-state index contributed by atoms with van der Waals surface area (Å²) in [5, 5.41) is 0.615. The lowest BCUT2D eigenvalue weighted by atomic mass is 10.1. The first-order valence-corrected chi connectivity index (χ1v) is 6.52. The fourth-order valence-electron chi connectivity index (χ4n) is 1.82. The number of nitrogens with zero attached hydrogens (tertiary/aromatic N) is 2. The molecule has 1 heterocycles. The van der Waals surface area contributed by atoms with Gasteiger partial charge in [-0.2, -0.15) is 0 Å². The Kier molecular flexibility index (Phi) is 4.90. The van der Waals surface area contributed by atoms with Crippen LogP contribution in [0.3, 0.4) is 0 Å². The van der Waals surface area contributed by atoms with Crippen molar-refractivity contribution in [3.63, 3.8) is 0 Å². The number of rotatable bonds is 5. The van der Waals surface area contributed by atoms with Gasteiger partial charge in [-0.15, -0.1) is 0 Å². The average molecular weight is 305 g/mol. The number of hydrogen-bond donors (Lipinski definition) is 0. The van der Waals surface area contributed by atoms with E-state index in [2.05, 4.69) is 4.98 Å². The second-order valence-corrected chi connectivity index (χ2v) is 4.68. The summed E-state index contributed by atoms with van der Waals surface area (Å²) in [5.74, 6) is -0.212. The third-order valence-corrected chi connectivity index (χ3v) is 3.10. The number of aldehydes is 1. The molecule has 0 radical (unpaired) electrons. The molecule has 0 spiro atoms. The Hall–Kier alpha value is -2.40. The van der Waals surface area contributed by atoms with Crippen molar-refractivity contribution in [1.29, 1.82) is 0 Å². The predicted octanol–water partition coefficient (Wildman–Crippen LogP) is 2.61. The molecule has 0 aliphatic rings. The van der Waals surface area contributed by atoms with Crippen molar-refractivity contribution in [2.45, 2.75) is 6.54 Å². The molecule has 0 aliphatic carbocycles. The number of esters is 1. The summed E-state index contributed by atoms with van der Waals surface area (Å²) < 4.78 is 6.35. The topological polar surface area (TPSA) is 61.2 Å². The van der Waals surface area contributed by atoms with Crippen LogP contribution in [0.5, 0.6) is 0 Å². The van der Waals surface area contributed by atoms with Crippen LogP contribution < -0.4 is 0 Å². The van der Waals surface area contributed by atoms with Crippen molar-refractivity contribution in [1.82, 2.24) is 9.55 Å². The minimum absolute atomic E-state index is 0.198. The lowest BCUT2D eigenvalue weighted by Gasteiger charge is -2.08. The highest BCUT2D eigenvalue weighted by Gasteiger charge is 2.12. The highest BCUT2D eigenvalue weighted by molar-refractivity contribution is 6.30. The molecule has 21 heavy (non-hydrogen) atoms. The molecule has 1 aromatic carbocycles. The standard InChI is InChI=1S/C15H13ClN2O3/c1-21-15(20)12(8-11-2-4-13(16)5-3-11)9-18-7-6-17-14(18)10-19/h2-8,10H,9H2,1H3/b12-8+. The smallest absolute Gasteiger partial charge is 0.335 e. The molecule has 108 valence electrons. The molecule has 1 aromatic heterocycles. The molecule has 2 aromatic rings. The van der Waals surface area contributed by atoms with Gasteiger partial charge in [-0.05, 0) is 23.8 Å². The summed E-state index contributed by atoms with van der Waals surface area (Å²) in [6.07, 6.45) is 5.46. The maximum atomic E-state index is 11.9. The largest absolute Gasteiger partial charge is 0.466 e. The Bertz CT molecular complexity index is 674. The SMILES string of the molecule is COC(=O)/C(=C/c1ccc(Cl)cc1)Cn1ccnc1C=O. The van der Waals surface area contributed by atoms with Crippen LogP contribution in [0.2, 0.25) is 5.02 Å². The summed E-state index contributed by atoms with van der Waals surface area (Å²) in [4.78, 5) is 26.6. The van der Waals surface area contributed by atoms with Crippen LogP contribution >= 0.6 is 11.6 Å². The van der Waals surface area contributed by atoms with Crippen LogP contribution in [0.4, 0.5) is 0 Å². The molecule has 0 saturated heterocycles. The van der Waals surface area contributed by atoms with Crippen molar-refractivity contribution < 1.29 is 14.3 Å². The Labute approximate surface area is 126 Å². The summed E-state index contributed by atoms with van der Waals surface area (Å²) >= 11 is 5.83. The fraction of sp³-hybridized carbons (Fsp3) is 0.133. The zero-order valence-corrected chi connectivity index (χ0v) is 12.1. The third kappa shape index (κ3) is 3.79. The number of carbonyl (C=O) groups excluding carboxylic acids is 2. The quantitative estimate of drug-likeness (QED) is 0.484. The Morgan fingerprint density at radius 1 is 1.38 bits per heavy atom. The first-order valence-electron chi connectivity index (χ1n) is 6.15. The van der Waals surface area contributed by atoms with E-state index in [0.717, 1.165) is 5.56 Å². The van der Waals surface area contributed by atoms with Gasteiger partial charge in [0.2, 0.25) is 0 Å². The molecule has 0 unspecified atom stereocenters. The summed E-state index contributed by atoms with van der Waals surface area (Å²) in [6, 6.07) is 7.05. The van der Waals surface area contributed by atoms with Crippen molar-refractivity contribution in [3.05, 3.63) is 58.6 Å². The van der Waals surface area contributed by atoms with E-state index < -0.39 is 5.97 Å². The van der Waals surface area contributed by atoms with Gasteiger partial charge in [0.1, 0.15) is 0 Å². The van der Waals surface area contributed by atoms with Gasteiger partial charge in [-0.1, -0.05) is 23.7 Å². The molecular weight excluding hydrogens is 292 g/mol. The van der Waals surface area contributed by atoms with E-state index in [4.69, 9.17) is 16.3 Å². The van der Waals surface area contributed by atoms with Crippen molar-refractivity contribution in [2.75, 3.05) is 7.11 Å². The highest BCUT2D eigenvalue weighted by atomic mass is 35.5. The number of carbonyl (C=O) groups is 2. The van der Waals surface area contributed by atoms with Gasteiger partial charge in [-0.25, -0.2) is 9.78 Å². The predicted molar refractivity (Wildman–Crippen MR) is 79.1 cm³/mol. The molecule has 0 bridgehead atoms. The number of methoxy groups -OCH3 is 1. The summed E-state index contributed by atoms with van der Waals surface area (Å²) in [7, 11) is 1.31. The van der Waals surface area contributed by atoms with Gasteiger partial charge >= 0.3 is 5.97 Å². The van der Waals surface area contributed by atoms with Crippen LogP contribution in [0.15, 0.2) is 42.2 Å². The maximum absolute atomic E-state index is 11.9. The van der Waals surface area contributed by atoms with Crippen molar-refractivity contribution in [3.8, 4) is 0 Å². The van der Waals surface area contributed by atoms with Gasteiger partial charge in [0.15, 0.2) is 12.1 Å². The molecule has 0 saturated carbocycles. The summed E-state index contributed by atoms with van der Waals surface area (Å²) in [6.45, 7) is 0.198. The second kappa shape index (κ2) is 6.85. The van der Waals surface area contributed by atoms with E-state index in [9.17, 15) is 9.59 Å². The first-order chi connectivity index (χ1) is 10.1. The number of aromatic nitrogens is 2. The van der Waals surface area contributed by atoms with E-state index >= 15 is 0 Å². The molecule has 0 N–H and O–H groups in total. The Balaban J connectivity index is 2.32. The maximum Gasteiger partial charge on any atom is 0.335 e. The number of imidazole rings is 1. The van der Waals surface area contributed by atoms with Gasteiger partial charge in [-0.3, -0.25) is 4.79 Å². The average Bonchev–Trinajstić information content (AvgIpc) is 2.95. The zero-order valence-electron chi connectivity index (χ0n) is 11.3. The van der Waals surface area contributed by atoms with Gasteiger partial charge < -0.3 is 9.30 Å². The molecule has 5 nitrogen and oxygen atoms in total. The van der Waals surface area contributed by atoms with E-state index in [1.807, 2.05) is 0 Å². The van der Waals surface area contributed by atoms with Crippen LogP contribution in [0.25, 0.3) is 6.08 Å². The molecular formula is C15H13ClN2O3. The first kappa shape index (κ1) is 15.0. The van der Waals surface area contributed by atoms with E-state index in [0.29, 0.717) is 16.9 Å². The van der Waals surface area contributed by atoms with Gasteiger partial charge in [0.05, 0.1) is 19.2 Å². The molecule has 0 fully saturated rings. The third-order valence-electron chi connectivity index (χ3n) is 2.85. The lowest BCUT2D eigenvalue weighted by molar-refractivity contribution is -0.136. The second-order valence-electron chi connectivity index (χ2n) is 4.24. The highest BCUT2D eigenvalue weighted by Crippen LogP contribution is 2.14. The Morgan fingerprint density at radius 3 is 2.71 bits per heavy atom. The molecule has 6 heteroatoms. The molecule has 0 amide bonds. The van der Waals surface area contributed by atoms with Crippen LogP contribution in [-0.2, 0) is 16.1 Å². The number of halogens is 1. The van der Waals surface area contributed by atoms with Crippen LogP contribution in [0.1, 0.15) is 16.2 Å².